The molecule has 0 spiro atoms. The molecule has 0 radical (unpaired) electrons. The number of methoxy groups -OCH3 is 1. The fourth-order valence-corrected chi connectivity index (χ4v) is 7.94. The molecule has 0 amide bonds. The van der Waals surface area contributed by atoms with Crippen molar-refractivity contribution in [1.82, 2.24) is 0 Å². The van der Waals surface area contributed by atoms with E-state index in [-0.39, 0.29) is 0 Å². The Labute approximate surface area is 200 Å². The zero-order valence-corrected chi connectivity index (χ0v) is 22.1. The van der Waals surface area contributed by atoms with Crippen LogP contribution >= 0.6 is 0 Å². The summed E-state index contributed by atoms with van der Waals surface area (Å²) in [7, 11) is 1.78. The summed E-state index contributed by atoms with van der Waals surface area (Å²) in [6.07, 6.45) is 23.1. The van der Waals surface area contributed by atoms with Gasteiger partial charge >= 0.3 is 0 Å². The Morgan fingerprint density at radius 2 is 1.72 bits per heavy atom. The normalized spacial score (nSPS) is 37.6. The second kappa shape index (κ2) is 12.9. The summed E-state index contributed by atoms with van der Waals surface area (Å²) in [4.78, 5) is 0. The zero-order valence-electron chi connectivity index (χ0n) is 22.1. The SMILES string of the molecule is COCCCOC1C/C=C/CC2C(CCC1)CCC1(C)C(C(C)CCCC(C)C)CCC21. The molecule has 2 heteroatoms. The molecular formula is C30H54O2. The van der Waals surface area contributed by atoms with E-state index in [1.807, 2.05) is 0 Å². The molecule has 7 unspecified atom stereocenters. The molecule has 2 saturated carbocycles. The van der Waals surface area contributed by atoms with Crippen LogP contribution in [0.15, 0.2) is 12.2 Å². The van der Waals surface area contributed by atoms with Crippen LogP contribution in [0.2, 0.25) is 0 Å². The lowest BCUT2D eigenvalue weighted by Gasteiger charge is -2.50. The monoisotopic (exact) mass is 446 g/mol. The van der Waals surface area contributed by atoms with Gasteiger partial charge in [-0.15, -0.1) is 0 Å². The van der Waals surface area contributed by atoms with Gasteiger partial charge in [0.1, 0.15) is 0 Å². The molecule has 7 atom stereocenters. The van der Waals surface area contributed by atoms with E-state index in [1.165, 1.54) is 70.6 Å². The quantitative estimate of drug-likeness (QED) is 0.247. The first-order chi connectivity index (χ1) is 15.5. The van der Waals surface area contributed by atoms with Gasteiger partial charge in [0.05, 0.1) is 6.10 Å². The van der Waals surface area contributed by atoms with Crippen LogP contribution in [0.1, 0.15) is 111 Å². The van der Waals surface area contributed by atoms with Gasteiger partial charge in [0.25, 0.3) is 0 Å². The summed E-state index contributed by atoms with van der Waals surface area (Å²) in [5.74, 6) is 5.56. The number of rotatable bonds is 10. The number of hydrogen-bond donors (Lipinski definition) is 0. The zero-order chi connectivity index (χ0) is 23.0. The molecule has 2 nitrogen and oxygen atoms in total. The predicted molar refractivity (Wildman–Crippen MR) is 137 cm³/mol. The van der Waals surface area contributed by atoms with Gasteiger partial charge in [0.15, 0.2) is 0 Å². The summed E-state index contributed by atoms with van der Waals surface area (Å²) < 4.78 is 11.4. The first kappa shape index (κ1) is 26.3. The van der Waals surface area contributed by atoms with Crippen molar-refractivity contribution in [1.29, 1.82) is 0 Å². The molecular weight excluding hydrogens is 392 g/mol. The summed E-state index contributed by atoms with van der Waals surface area (Å²) in [6, 6.07) is 0. The van der Waals surface area contributed by atoms with Crippen molar-refractivity contribution in [2.75, 3.05) is 20.3 Å². The Kier molecular flexibility index (Phi) is 10.6. The highest BCUT2D eigenvalue weighted by molar-refractivity contribution is 5.05. The lowest BCUT2D eigenvalue weighted by atomic mass is 9.55. The van der Waals surface area contributed by atoms with Crippen LogP contribution in [0, 0.1) is 40.9 Å². The van der Waals surface area contributed by atoms with Crippen molar-refractivity contribution in [3.05, 3.63) is 12.2 Å². The summed E-state index contributed by atoms with van der Waals surface area (Å²) in [5.41, 5.74) is 0.601. The first-order valence-electron chi connectivity index (χ1n) is 14.2. The van der Waals surface area contributed by atoms with Crippen molar-refractivity contribution in [3.63, 3.8) is 0 Å². The smallest absolute Gasteiger partial charge is 0.0609 e. The molecule has 3 aliphatic rings. The summed E-state index contributed by atoms with van der Waals surface area (Å²) in [5, 5.41) is 0. The molecule has 0 aromatic heterocycles. The third kappa shape index (κ3) is 6.84. The van der Waals surface area contributed by atoms with Crippen LogP contribution in [0.25, 0.3) is 0 Å². The molecule has 3 rings (SSSR count). The van der Waals surface area contributed by atoms with Gasteiger partial charge in [-0.1, -0.05) is 72.0 Å². The topological polar surface area (TPSA) is 18.5 Å². The molecule has 2 fully saturated rings. The number of fused-ring (bicyclic) bond motifs is 3. The Morgan fingerprint density at radius 1 is 0.906 bits per heavy atom. The number of ether oxygens (including phenoxy) is 2. The van der Waals surface area contributed by atoms with Crippen molar-refractivity contribution >= 4 is 0 Å². The van der Waals surface area contributed by atoms with Crippen molar-refractivity contribution < 1.29 is 9.47 Å². The van der Waals surface area contributed by atoms with Crippen LogP contribution in [-0.4, -0.2) is 26.4 Å². The Bertz CT molecular complexity index is 555. The minimum atomic E-state index is 0.413. The molecule has 0 N–H and O–H groups in total. The Hall–Kier alpha value is -0.340. The van der Waals surface area contributed by atoms with E-state index < -0.39 is 0 Å². The van der Waals surface area contributed by atoms with E-state index in [0.717, 1.165) is 61.6 Å². The van der Waals surface area contributed by atoms with Crippen LogP contribution in [0.4, 0.5) is 0 Å². The summed E-state index contributed by atoms with van der Waals surface area (Å²) in [6.45, 7) is 11.7. The predicted octanol–water partition coefficient (Wildman–Crippen LogP) is 8.45. The lowest BCUT2D eigenvalue weighted by molar-refractivity contribution is -0.0101. The van der Waals surface area contributed by atoms with E-state index in [9.17, 15) is 0 Å². The fraction of sp³-hybridized carbons (Fsp3) is 0.933. The molecule has 0 aliphatic heterocycles. The molecule has 32 heavy (non-hydrogen) atoms. The molecule has 0 bridgehead atoms. The van der Waals surface area contributed by atoms with Gasteiger partial charge < -0.3 is 9.47 Å². The lowest BCUT2D eigenvalue weighted by Crippen LogP contribution is -2.42. The Morgan fingerprint density at radius 3 is 2.50 bits per heavy atom. The maximum absolute atomic E-state index is 6.19. The van der Waals surface area contributed by atoms with Crippen molar-refractivity contribution in [2.24, 2.45) is 40.9 Å². The van der Waals surface area contributed by atoms with E-state index in [2.05, 4.69) is 39.8 Å². The van der Waals surface area contributed by atoms with Crippen LogP contribution in [-0.2, 0) is 9.47 Å². The minimum Gasteiger partial charge on any atom is -0.385 e. The fourth-order valence-electron chi connectivity index (χ4n) is 7.94. The van der Waals surface area contributed by atoms with E-state index in [0.29, 0.717) is 11.5 Å². The van der Waals surface area contributed by atoms with Crippen LogP contribution in [0.5, 0.6) is 0 Å². The van der Waals surface area contributed by atoms with Gasteiger partial charge in [-0.2, -0.15) is 0 Å². The molecule has 0 aromatic carbocycles. The van der Waals surface area contributed by atoms with E-state index in [4.69, 9.17) is 9.47 Å². The highest BCUT2D eigenvalue weighted by Crippen LogP contribution is 2.62. The van der Waals surface area contributed by atoms with E-state index in [1.54, 1.807) is 7.11 Å². The number of hydrogen-bond acceptors (Lipinski definition) is 2. The largest absolute Gasteiger partial charge is 0.385 e. The van der Waals surface area contributed by atoms with Crippen LogP contribution in [0.3, 0.4) is 0 Å². The van der Waals surface area contributed by atoms with Gasteiger partial charge in [0, 0.05) is 20.3 Å². The first-order valence-corrected chi connectivity index (χ1v) is 14.2. The average molecular weight is 447 g/mol. The third-order valence-corrected chi connectivity index (χ3v) is 9.71. The third-order valence-electron chi connectivity index (χ3n) is 9.71. The summed E-state index contributed by atoms with van der Waals surface area (Å²) >= 11 is 0. The number of allylic oxidation sites excluding steroid dienone is 1. The molecule has 0 heterocycles. The van der Waals surface area contributed by atoms with Gasteiger partial charge in [0.2, 0.25) is 0 Å². The second-order valence-electron chi connectivity index (χ2n) is 12.3. The van der Waals surface area contributed by atoms with Crippen LogP contribution < -0.4 is 0 Å². The van der Waals surface area contributed by atoms with Gasteiger partial charge in [-0.3, -0.25) is 0 Å². The van der Waals surface area contributed by atoms with Gasteiger partial charge in [-0.05, 0) is 92.3 Å². The standard InChI is InChI=1S/C30H54O2/c1-23(2)11-8-12-24(3)28-17-18-29-27-16-7-6-14-26(32-22-10-21-31-5)15-9-13-25(27)19-20-30(28,29)4/h6-7,23-29H,8-22H2,1-5H3/b7-6+. The van der Waals surface area contributed by atoms with E-state index >= 15 is 0 Å². The molecule has 186 valence electrons. The van der Waals surface area contributed by atoms with Gasteiger partial charge in [-0.25, -0.2) is 0 Å². The average Bonchev–Trinajstić information content (AvgIpc) is 3.12. The highest BCUT2D eigenvalue weighted by Gasteiger charge is 2.54. The maximum Gasteiger partial charge on any atom is 0.0609 e. The second-order valence-corrected chi connectivity index (χ2v) is 12.3. The van der Waals surface area contributed by atoms with Crippen molar-refractivity contribution in [3.8, 4) is 0 Å². The Balaban J connectivity index is 1.57. The maximum atomic E-state index is 6.19. The molecule has 3 aliphatic carbocycles. The minimum absolute atomic E-state index is 0.413. The molecule has 0 aromatic rings. The highest BCUT2D eigenvalue weighted by atomic mass is 16.5. The molecule has 0 saturated heterocycles. The van der Waals surface area contributed by atoms with Crippen molar-refractivity contribution in [2.45, 2.75) is 117 Å².